The van der Waals surface area contributed by atoms with E-state index in [1.807, 2.05) is 11.6 Å². The summed E-state index contributed by atoms with van der Waals surface area (Å²) >= 11 is 0. The monoisotopic (exact) mass is 402 g/mol. The molecule has 3 atom stereocenters. The van der Waals surface area contributed by atoms with Gasteiger partial charge in [0.05, 0.1) is 6.54 Å². The molecule has 1 aromatic carbocycles. The van der Waals surface area contributed by atoms with Crippen LogP contribution in [0.15, 0.2) is 23.2 Å². The fourth-order valence-corrected chi connectivity index (χ4v) is 3.89. The van der Waals surface area contributed by atoms with Crippen molar-refractivity contribution in [1.29, 1.82) is 0 Å². The molecule has 2 heterocycles. The van der Waals surface area contributed by atoms with Crippen LogP contribution in [-0.4, -0.2) is 39.4 Å². The number of hydrogen-bond acceptors (Lipinski definition) is 3. The molecule has 2 aromatic rings. The number of fused-ring (bicyclic) bond motifs is 1. The van der Waals surface area contributed by atoms with E-state index >= 15 is 0 Å². The highest BCUT2D eigenvalue weighted by Crippen LogP contribution is 2.43. The van der Waals surface area contributed by atoms with Crippen LogP contribution in [0.4, 0.5) is 8.78 Å². The average Bonchev–Trinajstić information content (AvgIpc) is 3.26. The first-order valence-electron chi connectivity index (χ1n) is 10.4. The van der Waals surface area contributed by atoms with Crippen molar-refractivity contribution in [3.63, 3.8) is 0 Å². The highest BCUT2D eigenvalue weighted by molar-refractivity contribution is 5.81. The maximum atomic E-state index is 14.0. The van der Waals surface area contributed by atoms with Crippen LogP contribution >= 0.6 is 0 Å². The molecule has 0 bridgehead atoms. The van der Waals surface area contributed by atoms with E-state index in [9.17, 15) is 8.78 Å². The van der Waals surface area contributed by atoms with E-state index in [0.717, 1.165) is 31.0 Å². The van der Waals surface area contributed by atoms with E-state index in [-0.39, 0.29) is 23.6 Å². The summed E-state index contributed by atoms with van der Waals surface area (Å²) in [6.07, 6.45) is 2.50. The summed E-state index contributed by atoms with van der Waals surface area (Å²) in [4.78, 5) is 9.15. The molecule has 8 heteroatoms. The summed E-state index contributed by atoms with van der Waals surface area (Å²) in [5, 5.41) is 11.4. The van der Waals surface area contributed by atoms with Gasteiger partial charge in [0, 0.05) is 42.4 Å². The molecule has 1 aliphatic heterocycles. The van der Waals surface area contributed by atoms with Crippen LogP contribution in [0.2, 0.25) is 0 Å². The van der Waals surface area contributed by atoms with E-state index in [1.165, 1.54) is 18.2 Å². The number of aliphatic imine (C=N–C) groups is 1. The lowest BCUT2D eigenvalue weighted by atomic mass is 10.1. The van der Waals surface area contributed by atoms with Gasteiger partial charge in [0.1, 0.15) is 17.5 Å². The Morgan fingerprint density at radius 3 is 2.72 bits per heavy atom. The Morgan fingerprint density at radius 2 is 2.03 bits per heavy atom. The number of halogens is 2. The first-order chi connectivity index (χ1) is 14.0. The van der Waals surface area contributed by atoms with Crippen LogP contribution in [0.1, 0.15) is 62.7 Å². The Balaban J connectivity index is 1.39. The molecule has 0 saturated heterocycles. The van der Waals surface area contributed by atoms with E-state index in [2.05, 4.69) is 39.6 Å². The highest BCUT2D eigenvalue weighted by Gasteiger charge is 2.42. The normalized spacial score (nSPS) is 23.8. The smallest absolute Gasteiger partial charge is 0.191 e. The van der Waals surface area contributed by atoms with Crippen LogP contribution in [0.25, 0.3) is 0 Å². The van der Waals surface area contributed by atoms with Gasteiger partial charge in [-0.1, -0.05) is 19.9 Å². The lowest BCUT2D eigenvalue weighted by molar-refractivity contribution is 0.391. The molecule has 1 fully saturated rings. The van der Waals surface area contributed by atoms with Crippen molar-refractivity contribution in [2.75, 3.05) is 6.54 Å². The molecule has 1 aliphatic carbocycles. The lowest BCUT2D eigenvalue weighted by Gasteiger charge is -2.25. The Labute approximate surface area is 169 Å². The van der Waals surface area contributed by atoms with E-state index in [0.29, 0.717) is 24.8 Å². The van der Waals surface area contributed by atoms with Crippen molar-refractivity contribution in [2.24, 2.45) is 4.99 Å². The van der Waals surface area contributed by atoms with Crippen molar-refractivity contribution in [3.8, 4) is 0 Å². The quantitative estimate of drug-likeness (QED) is 0.596. The number of aromatic nitrogens is 3. The van der Waals surface area contributed by atoms with Crippen molar-refractivity contribution in [3.05, 3.63) is 47.0 Å². The van der Waals surface area contributed by atoms with Crippen LogP contribution in [-0.2, 0) is 13.0 Å². The number of nitrogens with one attached hydrogen (secondary N) is 2. The summed E-state index contributed by atoms with van der Waals surface area (Å²) < 4.78 is 30.1. The zero-order valence-corrected chi connectivity index (χ0v) is 17.1. The molecule has 4 rings (SSSR count). The van der Waals surface area contributed by atoms with Gasteiger partial charge < -0.3 is 10.6 Å². The van der Waals surface area contributed by atoms with Gasteiger partial charge in [-0.25, -0.2) is 18.4 Å². The molecule has 1 aromatic heterocycles. The molecule has 0 radical (unpaired) electrons. The molecular weight excluding hydrogens is 374 g/mol. The maximum absolute atomic E-state index is 14.0. The Hall–Kier alpha value is -2.51. The second-order valence-corrected chi connectivity index (χ2v) is 8.15. The SMILES string of the molecule is CCN=C(NC1CCc2nc(C(C)C)nn2C1)NC1CC1c1c(F)cccc1F. The molecule has 0 spiro atoms. The molecule has 29 heavy (non-hydrogen) atoms. The fourth-order valence-electron chi connectivity index (χ4n) is 3.89. The number of hydrogen-bond donors (Lipinski definition) is 2. The Morgan fingerprint density at radius 1 is 1.28 bits per heavy atom. The number of aryl methyl sites for hydroxylation is 1. The molecule has 2 aliphatic rings. The summed E-state index contributed by atoms with van der Waals surface area (Å²) in [7, 11) is 0. The summed E-state index contributed by atoms with van der Waals surface area (Å²) in [5.74, 6) is 1.79. The minimum atomic E-state index is -0.479. The Bertz CT molecular complexity index is 886. The van der Waals surface area contributed by atoms with Crippen LogP contribution < -0.4 is 10.6 Å². The van der Waals surface area contributed by atoms with Gasteiger partial charge in [-0.15, -0.1) is 0 Å². The second-order valence-electron chi connectivity index (χ2n) is 8.15. The van der Waals surface area contributed by atoms with Gasteiger partial charge in [-0.05, 0) is 31.9 Å². The predicted octanol–water partition coefficient (Wildman–Crippen LogP) is 3.11. The Kier molecular flexibility index (Phi) is 5.52. The first kappa shape index (κ1) is 19.8. The number of nitrogens with zero attached hydrogens (tertiary/aromatic N) is 4. The van der Waals surface area contributed by atoms with Gasteiger partial charge >= 0.3 is 0 Å². The van der Waals surface area contributed by atoms with Gasteiger partial charge in [0.2, 0.25) is 0 Å². The van der Waals surface area contributed by atoms with Crippen molar-refractivity contribution in [1.82, 2.24) is 25.4 Å². The summed E-state index contributed by atoms with van der Waals surface area (Å²) in [5.41, 5.74) is 0.173. The molecule has 2 N–H and O–H groups in total. The van der Waals surface area contributed by atoms with Crippen LogP contribution in [0, 0.1) is 11.6 Å². The average molecular weight is 402 g/mol. The first-order valence-corrected chi connectivity index (χ1v) is 10.4. The molecule has 3 unspecified atom stereocenters. The van der Waals surface area contributed by atoms with Crippen molar-refractivity contribution >= 4 is 5.96 Å². The number of rotatable bonds is 5. The predicted molar refractivity (Wildman–Crippen MR) is 108 cm³/mol. The van der Waals surface area contributed by atoms with Crippen LogP contribution in [0.5, 0.6) is 0 Å². The molecule has 1 saturated carbocycles. The molecule has 0 amide bonds. The third-order valence-corrected chi connectivity index (χ3v) is 5.53. The van der Waals surface area contributed by atoms with Gasteiger partial charge in [0.25, 0.3) is 0 Å². The van der Waals surface area contributed by atoms with E-state index in [4.69, 9.17) is 0 Å². The van der Waals surface area contributed by atoms with Crippen molar-refractivity contribution < 1.29 is 8.78 Å². The minimum absolute atomic E-state index is 0.0164. The maximum Gasteiger partial charge on any atom is 0.191 e. The molecular formula is C21H28F2N6. The van der Waals surface area contributed by atoms with Crippen molar-refractivity contribution in [2.45, 2.75) is 70.5 Å². The van der Waals surface area contributed by atoms with Gasteiger partial charge in [0.15, 0.2) is 11.8 Å². The molecule has 156 valence electrons. The van der Waals surface area contributed by atoms with Gasteiger partial charge in [-0.3, -0.25) is 4.99 Å². The van der Waals surface area contributed by atoms with E-state index < -0.39 is 11.6 Å². The largest absolute Gasteiger partial charge is 0.353 e. The fraction of sp³-hybridized carbons (Fsp3) is 0.571. The molecule has 6 nitrogen and oxygen atoms in total. The minimum Gasteiger partial charge on any atom is -0.353 e. The van der Waals surface area contributed by atoms with Crippen LogP contribution in [0.3, 0.4) is 0 Å². The summed E-state index contributed by atoms with van der Waals surface area (Å²) in [6.45, 7) is 7.51. The van der Waals surface area contributed by atoms with E-state index in [1.54, 1.807) is 0 Å². The zero-order valence-electron chi connectivity index (χ0n) is 17.1. The third kappa shape index (κ3) is 4.26. The second kappa shape index (κ2) is 8.08. The highest BCUT2D eigenvalue weighted by atomic mass is 19.1. The topological polar surface area (TPSA) is 67.1 Å². The zero-order chi connectivity index (χ0) is 20.5. The standard InChI is InChI=1S/C21H28F2N6/c1-4-24-21(26-17-10-14(17)19-15(22)6-5-7-16(19)23)25-13-8-9-18-27-20(12(2)3)28-29(18)11-13/h5-7,12-14,17H,4,8-11H2,1-3H3,(H2,24,25,26). The lowest BCUT2D eigenvalue weighted by Crippen LogP contribution is -2.48. The third-order valence-electron chi connectivity index (χ3n) is 5.53. The van der Waals surface area contributed by atoms with Gasteiger partial charge in [-0.2, -0.15) is 5.10 Å². The number of guanidine groups is 1. The summed E-state index contributed by atoms with van der Waals surface area (Å²) in [6, 6.07) is 4.20. The number of benzene rings is 1.